The summed E-state index contributed by atoms with van der Waals surface area (Å²) < 4.78 is 0. The van der Waals surface area contributed by atoms with Crippen LogP contribution in [0.2, 0.25) is 0 Å². The first-order valence-corrected chi connectivity index (χ1v) is 7.02. The van der Waals surface area contributed by atoms with E-state index in [0.717, 1.165) is 25.8 Å². The molecule has 3 N–H and O–H groups in total. The Balaban J connectivity index is 2.49. The molecule has 1 fully saturated rings. The Morgan fingerprint density at radius 1 is 1.37 bits per heavy atom. The molecule has 0 aromatic heterocycles. The second kappa shape index (κ2) is 7.99. The highest BCUT2D eigenvalue weighted by atomic mass is 16.4. The summed E-state index contributed by atoms with van der Waals surface area (Å²) in [6, 6.07) is -0.930. The van der Waals surface area contributed by atoms with Crippen molar-refractivity contribution in [2.75, 3.05) is 26.7 Å². The molecule has 2 amide bonds. The lowest BCUT2D eigenvalue weighted by molar-refractivity contribution is -0.144. The van der Waals surface area contributed by atoms with Crippen LogP contribution < -0.4 is 10.6 Å². The van der Waals surface area contributed by atoms with Gasteiger partial charge in [0.15, 0.2) is 0 Å². The summed E-state index contributed by atoms with van der Waals surface area (Å²) in [4.78, 5) is 24.7. The molecule has 1 rings (SSSR count). The van der Waals surface area contributed by atoms with Gasteiger partial charge in [-0.3, -0.25) is 0 Å². The number of hydrogen-bond acceptors (Lipinski definition) is 3. The lowest BCUT2D eigenvalue weighted by Crippen LogP contribution is -2.53. The minimum Gasteiger partial charge on any atom is -0.480 e. The predicted octanol–water partition coefficient (Wildman–Crippen LogP) is 0.881. The lowest BCUT2D eigenvalue weighted by atomic mass is 9.89. The molecular formula is C13H25N3O3. The zero-order valence-electron chi connectivity index (χ0n) is 11.8. The maximum Gasteiger partial charge on any atom is 0.326 e. The van der Waals surface area contributed by atoms with E-state index < -0.39 is 12.0 Å². The third-order valence-electron chi connectivity index (χ3n) is 3.71. The summed E-state index contributed by atoms with van der Waals surface area (Å²) in [6.45, 7) is 4.00. The molecule has 1 aliphatic rings. The van der Waals surface area contributed by atoms with Gasteiger partial charge in [0.1, 0.15) is 6.04 Å². The maximum absolute atomic E-state index is 12.0. The number of nitrogens with one attached hydrogen (secondary N) is 2. The number of rotatable bonds is 6. The summed E-state index contributed by atoms with van der Waals surface area (Å²) in [5, 5.41) is 15.0. The van der Waals surface area contributed by atoms with E-state index in [2.05, 4.69) is 17.6 Å². The third kappa shape index (κ3) is 4.70. The highest BCUT2D eigenvalue weighted by Crippen LogP contribution is 2.25. The van der Waals surface area contributed by atoms with Gasteiger partial charge in [0.25, 0.3) is 0 Å². The van der Waals surface area contributed by atoms with E-state index in [4.69, 9.17) is 0 Å². The van der Waals surface area contributed by atoms with Crippen molar-refractivity contribution in [1.29, 1.82) is 0 Å². The van der Waals surface area contributed by atoms with E-state index in [-0.39, 0.29) is 6.03 Å². The molecule has 0 radical (unpaired) electrons. The Morgan fingerprint density at radius 2 is 2.11 bits per heavy atom. The largest absolute Gasteiger partial charge is 0.480 e. The smallest absolute Gasteiger partial charge is 0.326 e. The Hall–Kier alpha value is -1.30. The number of likely N-dealkylation sites (tertiary alicyclic amines) is 1. The quantitative estimate of drug-likeness (QED) is 0.626. The first-order valence-electron chi connectivity index (χ1n) is 7.02. The van der Waals surface area contributed by atoms with Crippen molar-refractivity contribution in [3.05, 3.63) is 0 Å². The molecule has 0 spiro atoms. The Morgan fingerprint density at radius 3 is 2.68 bits per heavy atom. The van der Waals surface area contributed by atoms with Crippen LogP contribution in [0.3, 0.4) is 0 Å². The average Bonchev–Trinajstić information content (AvgIpc) is 2.42. The van der Waals surface area contributed by atoms with Crippen LogP contribution in [-0.4, -0.2) is 54.7 Å². The van der Waals surface area contributed by atoms with Crippen LogP contribution in [0.15, 0.2) is 0 Å². The van der Waals surface area contributed by atoms with E-state index >= 15 is 0 Å². The molecule has 1 aliphatic heterocycles. The molecule has 2 unspecified atom stereocenters. The molecule has 0 aromatic rings. The van der Waals surface area contributed by atoms with Crippen LogP contribution in [0.4, 0.5) is 4.79 Å². The van der Waals surface area contributed by atoms with E-state index in [1.807, 2.05) is 7.05 Å². The molecule has 19 heavy (non-hydrogen) atoms. The molecule has 110 valence electrons. The number of piperidine rings is 1. The molecule has 0 bridgehead atoms. The van der Waals surface area contributed by atoms with Crippen molar-refractivity contribution in [3.8, 4) is 0 Å². The van der Waals surface area contributed by atoms with E-state index in [1.54, 1.807) is 0 Å². The molecule has 0 aromatic carbocycles. The SMILES string of the molecule is CCC1CCN(C(=O)NCCCNC)C(C(=O)O)C1. The highest BCUT2D eigenvalue weighted by molar-refractivity contribution is 5.82. The second-order valence-corrected chi connectivity index (χ2v) is 5.04. The molecule has 0 saturated carbocycles. The summed E-state index contributed by atoms with van der Waals surface area (Å²) in [7, 11) is 1.86. The zero-order valence-corrected chi connectivity index (χ0v) is 11.8. The first kappa shape index (κ1) is 15.8. The monoisotopic (exact) mass is 271 g/mol. The van der Waals surface area contributed by atoms with Gasteiger partial charge < -0.3 is 20.6 Å². The van der Waals surface area contributed by atoms with Crippen LogP contribution in [-0.2, 0) is 4.79 Å². The van der Waals surface area contributed by atoms with Crippen molar-refractivity contribution >= 4 is 12.0 Å². The van der Waals surface area contributed by atoms with Crippen molar-refractivity contribution in [2.24, 2.45) is 5.92 Å². The second-order valence-electron chi connectivity index (χ2n) is 5.04. The van der Waals surface area contributed by atoms with Crippen LogP contribution in [0, 0.1) is 5.92 Å². The van der Waals surface area contributed by atoms with Gasteiger partial charge >= 0.3 is 12.0 Å². The molecule has 1 saturated heterocycles. The number of carbonyl (C=O) groups excluding carboxylic acids is 1. The van der Waals surface area contributed by atoms with Gasteiger partial charge in [0.05, 0.1) is 0 Å². The summed E-state index contributed by atoms with van der Waals surface area (Å²) >= 11 is 0. The van der Waals surface area contributed by atoms with Gasteiger partial charge in [-0.25, -0.2) is 9.59 Å². The number of hydrogen-bond donors (Lipinski definition) is 3. The van der Waals surface area contributed by atoms with Gasteiger partial charge in [-0.1, -0.05) is 13.3 Å². The molecule has 6 heteroatoms. The number of carboxylic acid groups (broad SMARTS) is 1. The lowest BCUT2D eigenvalue weighted by Gasteiger charge is -2.36. The van der Waals surface area contributed by atoms with Crippen LogP contribution in [0.25, 0.3) is 0 Å². The number of aliphatic carboxylic acids is 1. The normalized spacial score (nSPS) is 23.2. The Kier molecular flexibility index (Phi) is 6.62. The number of carbonyl (C=O) groups is 2. The fourth-order valence-corrected chi connectivity index (χ4v) is 2.45. The molecular weight excluding hydrogens is 246 g/mol. The number of urea groups is 1. The third-order valence-corrected chi connectivity index (χ3v) is 3.71. The maximum atomic E-state index is 12.0. The molecule has 0 aliphatic carbocycles. The van der Waals surface area contributed by atoms with Gasteiger partial charge in [-0.2, -0.15) is 0 Å². The highest BCUT2D eigenvalue weighted by Gasteiger charge is 2.35. The van der Waals surface area contributed by atoms with Crippen molar-refractivity contribution in [1.82, 2.24) is 15.5 Å². The zero-order chi connectivity index (χ0) is 14.3. The van der Waals surface area contributed by atoms with Crippen LogP contribution >= 0.6 is 0 Å². The fraction of sp³-hybridized carbons (Fsp3) is 0.846. The van der Waals surface area contributed by atoms with Gasteiger partial charge in [0, 0.05) is 13.1 Å². The van der Waals surface area contributed by atoms with Crippen LogP contribution in [0.1, 0.15) is 32.6 Å². The average molecular weight is 271 g/mol. The summed E-state index contributed by atoms with van der Waals surface area (Å²) in [5.41, 5.74) is 0. The predicted molar refractivity (Wildman–Crippen MR) is 73.1 cm³/mol. The fourth-order valence-electron chi connectivity index (χ4n) is 2.45. The number of amides is 2. The van der Waals surface area contributed by atoms with Crippen molar-refractivity contribution in [2.45, 2.75) is 38.6 Å². The van der Waals surface area contributed by atoms with E-state index in [9.17, 15) is 14.7 Å². The van der Waals surface area contributed by atoms with E-state index in [0.29, 0.717) is 25.4 Å². The standard InChI is InChI=1S/C13H25N3O3/c1-3-10-5-8-16(11(9-10)12(17)18)13(19)15-7-4-6-14-2/h10-11,14H,3-9H2,1-2H3,(H,15,19)(H,17,18). The number of nitrogens with zero attached hydrogens (tertiary/aromatic N) is 1. The van der Waals surface area contributed by atoms with Gasteiger partial charge in [-0.05, 0) is 38.8 Å². The van der Waals surface area contributed by atoms with Gasteiger partial charge in [-0.15, -0.1) is 0 Å². The molecule has 1 heterocycles. The molecule has 6 nitrogen and oxygen atoms in total. The Bertz CT molecular complexity index is 310. The van der Waals surface area contributed by atoms with Crippen molar-refractivity contribution in [3.63, 3.8) is 0 Å². The number of carboxylic acids is 1. The minimum atomic E-state index is -0.900. The summed E-state index contributed by atoms with van der Waals surface area (Å²) in [6.07, 6.45) is 3.27. The molecule has 2 atom stereocenters. The topological polar surface area (TPSA) is 81.7 Å². The first-order chi connectivity index (χ1) is 9.10. The minimum absolute atomic E-state index is 0.252. The Labute approximate surface area is 114 Å². The van der Waals surface area contributed by atoms with E-state index in [1.165, 1.54) is 4.90 Å². The van der Waals surface area contributed by atoms with Crippen molar-refractivity contribution < 1.29 is 14.7 Å². The summed E-state index contributed by atoms with van der Waals surface area (Å²) in [5.74, 6) is -0.488. The van der Waals surface area contributed by atoms with Crippen LogP contribution in [0.5, 0.6) is 0 Å². The van der Waals surface area contributed by atoms with Gasteiger partial charge in [0.2, 0.25) is 0 Å².